The fraction of sp³-hybridized carbons (Fsp3) is 0.778. The first-order chi connectivity index (χ1) is 7.07. The minimum Gasteiger partial charge on any atom is -0.480 e. The van der Waals surface area contributed by atoms with E-state index in [1.807, 2.05) is 6.92 Å². The van der Waals surface area contributed by atoms with Gasteiger partial charge in [0.25, 0.3) is 0 Å². The van der Waals surface area contributed by atoms with Gasteiger partial charge in [-0.25, -0.2) is 9.59 Å². The van der Waals surface area contributed by atoms with Gasteiger partial charge in [-0.15, -0.1) is 11.8 Å². The van der Waals surface area contributed by atoms with Gasteiger partial charge in [0, 0.05) is 19.3 Å². The lowest BCUT2D eigenvalue weighted by Crippen LogP contribution is -2.47. The van der Waals surface area contributed by atoms with Gasteiger partial charge < -0.3 is 14.9 Å². The fourth-order valence-electron chi connectivity index (χ4n) is 1.49. The number of hydrogen-bond donors (Lipinski definition) is 1. The Morgan fingerprint density at radius 1 is 1.60 bits per heavy atom. The summed E-state index contributed by atoms with van der Waals surface area (Å²) >= 11 is 1.48. The number of hydrogen-bond acceptors (Lipinski definition) is 3. The van der Waals surface area contributed by atoms with Crippen molar-refractivity contribution in [1.82, 2.24) is 9.80 Å². The molecule has 6 heteroatoms. The SMILES string of the molecule is CCCN(C)C(=O)N1CSC[C@H]1C(=O)O. The van der Waals surface area contributed by atoms with E-state index in [-0.39, 0.29) is 6.03 Å². The average molecular weight is 232 g/mol. The second-order valence-corrected chi connectivity index (χ2v) is 4.53. The van der Waals surface area contributed by atoms with Gasteiger partial charge in [-0.1, -0.05) is 6.92 Å². The van der Waals surface area contributed by atoms with Crippen molar-refractivity contribution in [3.05, 3.63) is 0 Å². The number of amides is 2. The molecule has 15 heavy (non-hydrogen) atoms. The topological polar surface area (TPSA) is 60.9 Å². The molecule has 86 valence electrons. The van der Waals surface area contributed by atoms with E-state index < -0.39 is 12.0 Å². The van der Waals surface area contributed by atoms with Crippen LogP contribution in [0.5, 0.6) is 0 Å². The Labute approximate surface area is 93.4 Å². The standard InChI is InChI=1S/C9H16N2O3S/c1-3-4-10(2)9(14)11-6-15-5-7(11)8(12)13/h7H,3-6H2,1-2H3,(H,12,13)/t7-/m0/s1. The molecular formula is C9H16N2O3S. The van der Waals surface area contributed by atoms with E-state index in [2.05, 4.69) is 0 Å². The summed E-state index contributed by atoms with van der Waals surface area (Å²) < 4.78 is 0. The largest absolute Gasteiger partial charge is 0.480 e. The van der Waals surface area contributed by atoms with Crippen LogP contribution in [0.1, 0.15) is 13.3 Å². The summed E-state index contributed by atoms with van der Waals surface area (Å²) in [5.74, 6) is 0.0449. The number of carbonyl (C=O) groups excluding carboxylic acids is 1. The number of nitrogens with zero attached hydrogens (tertiary/aromatic N) is 2. The van der Waals surface area contributed by atoms with Gasteiger partial charge in [0.1, 0.15) is 6.04 Å². The molecule has 1 N–H and O–H groups in total. The predicted molar refractivity (Wildman–Crippen MR) is 58.9 cm³/mol. The normalized spacial score (nSPS) is 20.4. The maximum Gasteiger partial charge on any atom is 0.327 e. The third-order valence-electron chi connectivity index (χ3n) is 2.30. The molecule has 2 amide bonds. The zero-order valence-electron chi connectivity index (χ0n) is 8.97. The molecule has 0 aromatic rings. The zero-order chi connectivity index (χ0) is 11.4. The molecule has 1 heterocycles. The average Bonchev–Trinajstić information content (AvgIpc) is 2.65. The van der Waals surface area contributed by atoms with Crippen LogP contribution in [0.25, 0.3) is 0 Å². The fourth-order valence-corrected chi connectivity index (χ4v) is 2.62. The van der Waals surface area contributed by atoms with Crippen molar-refractivity contribution in [3.8, 4) is 0 Å². The van der Waals surface area contributed by atoms with Gasteiger partial charge in [-0.3, -0.25) is 0 Å². The maximum absolute atomic E-state index is 11.8. The van der Waals surface area contributed by atoms with Crippen molar-refractivity contribution in [1.29, 1.82) is 0 Å². The van der Waals surface area contributed by atoms with E-state index in [0.29, 0.717) is 18.2 Å². The highest BCUT2D eigenvalue weighted by atomic mass is 32.2. The third-order valence-corrected chi connectivity index (χ3v) is 3.31. The number of carbonyl (C=O) groups is 2. The molecule has 0 unspecified atom stereocenters. The van der Waals surface area contributed by atoms with Crippen LogP contribution in [-0.2, 0) is 4.79 Å². The van der Waals surface area contributed by atoms with Crippen LogP contribution in [0.15, 0.2) is 0 Å². The Balaban J connectivity index is 2.62. The highest BCUT2D eigenvalue weighted by molar-refractivity contribution is 7.99. The summed E-state index contributed by atoms with van der Waals surface area (Å²) in [6.07, 6.45) is 0.876. The molecule has 0 aromatic carbocycles. The van der Waals surface area contributed by atoms with Crippen LogP contribution in [0, 0.1) is 0 Å². The summed E-state index contributed by atoms with van der Waals surface area (Å²) in [6, 6.07) is -0.851. The van der Waals surface area contributed by atoms with Crippen molar-refractivity contribution in [3.63, 3.8) is 0 Å². The lowest BCUT2D eigenvalue weighted by atomic mass is 10.3. The highest BCUT2D eigenvalue weighted by Gasteiger charge is 2.35. The molecule has 0 spiro atoms. The van der Waals surface area contributed by atoms with E-state index in [0.717, 1.165) is 6.42 Å². The van der Waals surface area contributed by atoms with Gasteiger partial charge in [0.05, 0.1) is 5.88 Å². The van der Waals surface area contributed by atoms with Crippen molar-refractivity contribution < 1.29 is 14.7 Å². The number of urea groups is 1. The quantitative estimate of drug-likeness (QED) is 0.785. The van der Waals surface area contributed by atoms with E-state index in [9.17, 15) is 9.59 Å². The first-order valence-corrected chi connectivity index (χ1v) is 6.05. The monoisotopic (exact) mass is 232 g/mol. The summed E-state index contributed by atoms with van der Waals surface area (Å²) in [4.78, 5) is 25.7. The number of rotatable bonds is 3. The van der Waals surface area contributed by atoms with Crippen molar-refractivity contribution in [2.24, 2.45) is 0 Å². The van der Waals surface area contributed by atoms with Gasteiger partial charge in [-0.05, 0) is 6.42 Å². The van der Waals surface area contributed by atoms with Crippen molar-refractivity contribution >= 4 is 23.8 Å². The molecule has 1 aliphatic heterocycles. The molecule has 0 aliphatic carbocycles. The molecule has 1 aliphatic rings. The van der Waals surface area contributed by atoms with Gasteiger partial charge in [-0.2, -0.15) is 0 Å². The number of carboxylic acid groups (broad SMARTS) is 1. The smallest absolute Gasteiger partial charge is 0.327 e. The van der Waals surface area contributed by atoms with E-state index >= 15 is 0 Å². The molecule has 0 aromatic heterocycles. The first kappa shape index (κ1) is 12.2. The molecule has 0 bridgehead atoms. The van der Waals surface area contributed by atoms with Crippen LogP contribution in [0.3, 0.4) is 0 Å². The summed E-state index contributed by atoms with van der Waals surface area (Å²) in [6.45, 7) is 2.64. The number of aliphatic carboxylic acids is 1. The lowest BCUT2D eigenvalue weighted by Gasteiger charge is -2.26. The van der Waals surface area contributed by atoms with Gasteiger partial charge in [0.15, 0.2) is 0 Å². The Morgan fingerprint density at radius 2 is 2.27 bits per heavy atom. The van der Waals surface area contributed by atoms with Gasteiger partial charge in [0.2, 0.25) is 0 Å². The highest BCUT2D eigenvalue weighted by Crippen LogP contribution is 2.22. The first-order valence-electron chi connectivity index (χ1n) is 4.90. The molecule has 1 atom stereocenters. The third kappa shape index (κ3) is 2.77. The molecule has 0 saturated carbocycles. The van der Waals surface area contributed by atoms with E-state index in [4.69, 9.17) is 5.11 Å². The van der Waals surface area contributed by atoms with Crippen LogP contribution < -0.4 is 0 Å². The number of carboxylic acids is 1. The molecule has 5 nitrogen and oxygen atoms in total. The summed E-state index contributed by atoms with van der Waals surface area (Å²) in [5.41, 5.74) is 0. The van der Waals surface area contributed by atoms with Crippen molar-refractivity contribution in [2.45, 2.75) is 19.4 Å². The summed E-state index contributed by atoms with van der Waals surface area (Å²) in [7, 11) is 1.70. The Morgan fingerprint density at radius 3 is 2.80 bits per heavy atom. The predicted octanol–water partition coefficient (Wildman–Crippen LogP) is 0.908. The second kappa shape index (κ2) is 5.25. The zero-order valence-corrected chi connectivity index (χ0v) is 9.79. The Hall–Kier alpha value is -0.910. The molecule has 1 rings (SSSR count). The number of thioether (sulfide) groups is 1. The van der Waals surface area contributed by atoms with Crippen LogP contribution in [0.4, 0.5) is 4.79 Å². The minimum absolute atomic E-state index is 0.186. The van der Waals surface area contributed by atoms with Crippen molar-refractivity contribution in [2.75, 3.05) is 25.2 Å². The Bertz CT molecular complexity index is 260. The van der Waals surface area contributed by atoms with E-state index in [1.165, 1.54) is 16.7 Å². The Kier molecular flexibility index (Phi) is 4.26. The lowest BCUT2D eigenvalue weighted by molar-refractivity contribution is -0.140. The molecule has 1 fully saturated rings. The minimum atomic E-state index is -0.918. The van der Waals surface area contributed by atoms with E-state index in [1.54, 1.807) is 11.9 Å². The molecular weight excluding hydrogens is 216 g/mol. The maximum atomic E-state index is 11.8. The summed E-state index contributed by atoms with van der Waals surface area (Å²) in [5, 5.41) is 8.92. The van der Waals surface area contributed by atoms with Crippen LogP contribution in [-0.4, -0.2) is 58.2 Å². The molecule has 1 saturated heterocycles. The van der Waals surface area contributed by atoms with Crippen LogP contribution in [0.2, 0.25) is 0 Å². The molecule has 0 radical (unpaired) electrons. The second-order valence-electron chi connectivity index (χ2n) is 3.53. The van der Waals surface area contributed by atoms with Crippen LogP contribution >= 0.6 is 11.8 Å². The van der Waals surface area contributed by atoms with Gasteiger partial charge >= 0.3 is 12.0 Å².